The first-order chi connectivity index (χ1) is 62.5. The van der Waals surface area contributed by atoms with Crippen molar-refractivity contribution in [2.24, 2.45) is 0 Å². The summed E-state index contributed by atoms with van der Waals surface area (Å²) in [5, 5.41) is 375. The number of aliphatic carboxylic acids is 1. The zero-order valence-corrected chi connectivity index (χ0v) is 69.8. The van der Waals surface area contributed by atoms with Gasteiger partial charge < -0.3 is 279 Å². The molecule has 766 valence electrons. The highest BCUT2D eigenvalue weighted by molar-refractivity contribution is 5.74. The monoisotopic (exact) mass is 1940 g/mol. The van der Waals surface area contributed by atoms with Gasteiger partial charge in [0.15, 0.2) is 62.9 Å². The summed E-state index contributed by atoms with van der Waals surface area (Å²) in [6.45, 7) is -11.9. The number of aliphatic hydroxyl groups excluding tert-OH is 32. The highest BCUT2D eigenvalue weighted by Gasteiger charge is 2.63. The van der Waals surface area contributed by atoms with E-state index in [1.165, 1.54) is 0 Å². The Balaban J connectivity index is 0.964. The molecule has 60 heteroatoms. The van der Waals surface area contributed by atoms with Crippen LogP contribution in [-0.4, -0.2) is 603 Å². The number of carbonyl (C=O) groups excluding carboxylic acids is 2. The number of carboxylic acids is 1. The van der Waals surface area contributed by atoms with E-state index < -0.39 is 435 Å². The fourth-order valence-corrected chi connectivity index (χ4v) is 16.8. The van der Waals surface area contributed by atoms with Crippen LogP contribution >= 0.6 is 0 Å². The summed E-state index contributed by atoms with van der Waals surface area (Å²) in [7, 11) is 0. The fourth-order valence-electron chi connectivity index (χ4n) is 16.8. The van der Waals surface area contributed by atoms with Crippen LogP contribution in [0.2, 0.25) is 0 Å². The Hall–Kier alpha value is -3.75. The molecule has 55 atom stereocenters. The molecule has 0 aromatic carbocycles. The normalized spacial score (nSPS) is 50.5. The van der Waals surface area contributed by atoms with Gasteiger partial charge in [-0.3, -0.25) is 19.7 Å². The van der Waals surface area contributed by atoms with Crippen molar-refractivity contribution in [3.05, 3.63) is 0 Å². The van der Waals surface area contributed by atoms with Crippen LogP contribution in [0, 0.1) is 0 Å². The van der Waals surface area contributed by atoms with E-state index in [9.17, 15) is 183 Å². The van der Waals surface area contributed by atoms with Crippen molar-refractivity contribution in [1.82, 2.24) is 16.0 Å². The first-order valence-corrected chi connectivity index (χ1v) is 41.9. The van der Waals surface area contributed by atoms with Gasteiger partial charge in [0.1, 0.15) is 269 Å². The Morgan fingerprint density at radius 2 is 0.470 bits per heavy atom. The van der Waals surface area contributed by atoms with Gasteiger partial charge in [-0.15, -0.1) is 0 Å². The predicted molar refractivity (Wildman–Crippen MR) is 399 cm³/mol. The fraction of sp³-hybridized carbons (Fsp3) is 0.958. The third-order valence-corrected chi connectivity index (χ3v) is 24.3. The van der Waals surface area contributed by atoms with E-state index in [2.05, 4.69) is 16.0 Å². The molecule has 0 radical (unpaired) electrons. The zero-order valence-electron chi connectivity index (χ0n) is 69.8. The number of hydrogen-bond donors (Lipinski definition) is 36. The summed E-state index contributed by atoms with van der Waals surface area (Å²) in [5.41, 5.74) is 0. The second-order valence-electron chi connectivity index (χ2n) is 33.2. The van der Waals surface area contributed by atoms with Gasteiger partial charge in [-0.05, 0) is 0 Å². The molecule has 132 heavy (non-hydrogen) atoms. The second-order valence-corrected chi connectivity index (χ2v) is 33.2. The van der Waals surface area contributed by atoms with Crippen LogP contribution in [0.3, 0.4) is 0 Å². The topological polar surface area (TPSA) is 949 Å². The molecule has 0 aliphatic carbocycles. The van der Waals surface area contributed by atoms with Crippen molar-refractivity contribution in [2.75, 3.05) is 79.2 Å². The predicted octanol–water partition coefficient (Wildman–Crippen LogP) is -25.0. The zero-order chi connectivity index (χ0) is 96.9. The molecule has 36 N–H and O–H groups in total. The van der Waals surface area contributed by atoms with Gasteiger partial charge in [0.2, 0.25) is 11.8 Å². The maximum Gasteiger partial charge on any atom is 0.317 e. The molecular formula is C72H121N3O57. The van der Waals surface area contributed by atoms with E-state index in [1.807, 2.05) is 0 Å². The molecule has 0 spiro atoms. The van der Waals surface area contributed by atoms with Crippen LogP contribution in [-0.2, 0) is 114 Å². The molecule has 0 bridgehead atoms. The van der Waals surface area contributed by atoms with Crippen LogP contribution in [0.5, 0.6) is 0 Å². The lowest BCUT2D eigenvalue weighted by Crippen LogP contribution is -2.71. The van der Waals surface area contributed by atoms with Crippen molar-refractivity contribution >= 4 is 17.8 Å². The maximum absolute atomic E-state index is 13.2. The van der Waals surface area contributed by atoms with Crippen molar-refractivity contribution in [3.8, 4) is 0 Å². The average Bonchev–Trinajstić information content (AvgIpc) is 0.784. The van der Waals surface area contributed by atoms with Crippen molar-refractivity contribution in [2.45, 2.75) is 351 Å². The van der Waals surface area contributed by atoms with E-state index in [1.54, 1.807) is 0 Å². The lowest BCUT2D eigenvalue weighted by molar-refractivity contribution is -0.408. The summed E-state index contributed by atoms with van der Waals surface area (Å²) in [5.74, 6) is -3.30. The Morgan fingerprint density at radius 1 is 0.227 bits per heavy atom. The summed E-state index contributed by atoms with van der Waals surface area (Å²) >= 11 is 0. The molecule has 0 aromatic rings. The van der Waals surface area contributed by atoms with Gasteiger partial charge in [0.05, 0.1) is 85.3 Å². The number of rotatable bonds is 36. The lowest BCUT2D eigenvalue weighted by atomic mass is 9.93. The molecule has 0 saturated carbocycles. The summed E-state index contributed by atoms with van der Waals surface area (Å²) in [6, 6.07) is -3.67. The smallest absolute Gasteiger partial charge is 0.317 e. The number of carboxylic acid groups (broad SMARTS) is 1. The molecule has 2 amide bonds. The van der Waals surface area contributed by atoms with Crippen LogP contribution in [0.4, 0.5) is 0 Å². The molecule has 0 aromatic heterocycles. The molecule has 11 saturated heterocycles. The van der Waals surface area contributed by atoms with E-state index in [-0.39, 0.29) is 0 Å². The van der Waals surface area contributed by atoms with E-state index in [0.717, 1.165) is 13.8 Å². The molecule has 11 fully saturated rings. The first kappa shape index (κ1) is 109. The minimum Gasteiger partial charge on any atom is -0.480 e. The molecule has 11 aliphatic rings. The Morgan fingerprint density at radius 3 is 0.818 bits per heavy atom. The van der Waals surface area contributed by atoms with E-state index in [0.29, 0.717) is 0 Å². The Bertz CT molecular complexity index is 3540. The van der Waals surface area contributed by atoms with Crippen molar-refractivity contribution in [3.63, 3.8) is 0 Å². The summed E-state index contributed by atoms with van der Waals surface area (Å²) in [4.78, 5) is 37.4. The third-order valence-electron chi connectivity index (χ3n) is 24.3. The highest BCUT2D eigenvalue weighted by atomic mass is 16.8. The second kappa shape index (κ2) is 47.7. The quantitative estimate of drug-likeness (QED) is 0.0277. The van der Waals surface area contributed by atoms with Crippen molar-refractivity contribution in [1.29, 1.82) is 0 Å². The number of aliphatic hydroxyl groups is 32. The number of amides is 2. The van der Waals surface area contributed by atoms with Crippen LogP contribution < -0.4 is 16.0 Å². The van der Waals surface area contributed by atoms with Crippen LogP contribution in [0.15, 0.2) is 0 Å². The average molecular weight is 1940 g/mol. The van der Waals surface area contributed by atoms with Gasteiger partial charge in [0, 0.05) is 13.8 Å². The van der Waals surface area contributed by atoms with E-state index >= 15 is 0 Å². The molecular weight excluding hydrogens is 1820 g/mol. The van der Waals surface area contributed by atoms with Crippen LogP contribution in [0.1, 0.15) is 13.8 Å². The van der Waals surface area contributed by atoms with E-state index in [4.69, 9.17) is 99.5 Å². The van der Waals surface area contributed by atoms with Gasteiger partial charge in [-0.2, -0.15) is 0 Å². The summed E-state index contributed by atoms with van der Waals surface area (Å²) < 4.78 is 124. The number of nitrogens with one attached hydrogen (secondary N) is 3. The number of hydrogen-bond acceptors (Lipinski definition) is 57. The minimum atomic E-state index is -2.72. The Kier molecular flexibility index (Phi) is 39.2. The largest absolute Gasteiger partial charge is 0.480 e. The third kappa shape index (κ3) is 23.7. The molecule has 11 aliphatic heterocycles. The molecule has 11 rings (SSSR count). The highest BCUT2D eigenvalue weighted by Crippen LogP contribution is 2.42. The minimum absolute atomic E-state index is 0.830. The van der Waals surface area contributed by atoms with Gasteiger partial charge >= 0.3 is 5.97 Å². The van der Waals surface area contributed by atoms with Gasteiger partial charge in [-0.25, -0.2) is 0 Å². The SMILES string of the molecule is CC(=O)N[C@H]1[C@H](O[C@H]2[C@H](O)[C@@H](NC(C)=O)C(NCC(=O)O)O[C@@H]2CO)O[C@H](CO)[C@@H](O[C@@H]2O[C@H](CO[C@H]3O[C@H](CO[C@H]4O[C@H](CO)[C@@H](O)[C@H](O)[C@@H]4O[C@H]4O[C@H](CO)[C@@H](O)[C@H](O)[C@@H]4O)[C@@H](O)[C@H](O[C@H]4O[C@H](CO)[C@@H](O)[C@H](O)[C@@H]4O[C@H]4O[C@H](CO)[C@@H](O)[C@H](O)[C@@H]4O)[C@@H]3O)[C@@H](O)[C@H](O[C@H]3O[C@H](CO)[C@@H](O)[C@H](O)[C@@H]3O[C@H]3O[C@H](CO)[C@@H](O)[C@H](O)[C@@H]3O[C@H]3O[C@H](CO)[C@@H](O)[C@H](O)[C@@H]3O)[C@@H]2O)[C@@H]1O. The van der Waals surface area contributed by atoms with Crippen molar-refractivity contribution < 1.29 is 282 Å². The maximum atomic E-state index is 13.2. The Labute approximate surface area is 744 Å². The standard InChI is InChI=1S/C72H121N3O57/c1-15(85)74-29-40(98)54(24(11-83)114-62(29)73-3-28(87)88)125-63-30(75-16(2)86)41(99)55(25(12-84)122-63)126-68-53(111)57(128-71-61(48(106)37(95)22(9-81)120-71)132-72-60(47(105)36(94)23(10-82)121-72)131-67-51(109)44(102)33(91)19(6-78)117-67)39(97)27(124-68)13-112-64-52(110)56(127-70-59(46(104)35(93)21(8-80)119-70)130-66-50(108)43(101)32(90)18(5-77)116-66)38(96)26(123-64)14-113-69-58(45(103)34(92)20(7-79)118-69)129-65-49(107)42(100)31(89)17(4-76)115-65/h17-27,29-73,76-84,89-111H,3-14H2,1-2H3,(H,74,85)(H,75,86)(H,87,88)/t17-,18-,19-,20-,21-,22-,23-,24-,25-,26-,27-,29-,30-,31-,32-,33-,34-,35-,36-,37-,38-,39-,40-,41-,42+,43+,44+,45+,46+,47+,48+,49+,50+,51+,52+,53+,54-,55-,56+,57+,58+,59+,60+,61+,62?,63+,64+,65-,66-,67-,68+,69+,70-,71-,72-/m1/s1. The summed E-state index contributed by atoms with van der Waals surface area (Å²) in [6.07, 6.45) is -118. The first-order valence-electron chi connectivity index (χ1n) is 41.9. The molecule has 1 unspecified atom stereocenters. The van der Waals surface area contributed by atoms with Gasteiger partial charge in [0.25, 0.3) is 0 Å². The molecule has 60 nitrogen and oxygen atoms in total. The molecule has 11 heterocycles. The number of ether oxygens (including phenoxy) is 21. The lowest BCUT2D eigenvalue weighted by Gasteiger charge is -2.51. The van der Waals surface area contributed by atoms with Gasteiger partial charge in [-0.1, -0.05) is 0 Å². The van der Waals surface area contributed by atoms with Crippen LogP contribution in [0.25, 0.3) is 0 Å². The number of carbonyl (C=O) groups is 3.